The predicted octanol–water partition coefficient (Wildman–Crippen LogP) is 4.03. The van der Waals surface area contributed by atoms with Crippen LogP contribution >= 0.6 is 0 Å². The number of nitrogens with zero attached hydrogens (tertiary/aromatic N) is 2. The summed E-state index contributed by atoms with van der Waals surface area (Å²) in [6.07, 6.45) is -2.32. The number of benzene rings is 4. The fraction of sp³-hybridized carbons (Fsp3) is 0.289. The molecule has 3 aliphatic heterocycles. The van der Waals surface area contributed by atoms with Crippen molar-refractivity contribution in [3.63, 3.8) is 0 Å². The highest BCUT2D eigenvalue weighted by molar-refractivity contribution is 6.23. The zero-order chi connectivity index (χ0) is 42.7. The van der Waals surface area contributed by atoms with Gasteiger partial charge in [-0.1, -0.05) is 84.6 Å². The summed E-state index contributed by atoms with van der Waals surface area (Å²) in [6, 6.07) is 25.2. The van der Waals surface area contributed by atoms with Gasteiger partial charge in [0, 0.05) is 19.1 Å². The highest BCUT2D eigenvalue weighted by atomic mass is 16.6. The van der Waals surface area contributed by atoms with Crippen LogP contribution in [0.3, 0.4) is 0 Å². The number of aromatic hydroxyl groups is 1. The van der Waals surface area contributed by atoms with E-state index >= 15 is 4.79 Å². The van der Waals surface area contributed by atoms with Crippen LogP contribution in [-0.4, -0.2) is 86.4 Å². The molecular weight excluding hydrogens is 775 g/mol. The minimum atomic E-state index is -2.14. The maximum absolute atomic E-state index is 15.7. The minimum absolute atomic E-state index is 0.0137. The molecule has 60 heavy (non-hydrogen) atoms. The van der Waals surface area contributed by atoms with E-state index in [1.54, 1.807) is 29.2 Å². The Labute approximate surface area is 344 Å². The number of rotatable bonds is 10. The van der Waals surface area contributed by atoms with Gasteiger partial charge in [0.2, 0.25) is 11.8 Å². The summed E-state index contributed by atoms with van der Waals surface area (Å²) >= 11 is 0. The van der Waals surface area contributed by atoms with Crippen LogP contribution in [0.5, 0.6) is 5.75 Å². The summed E-state index contributed by atoms with van der Waals surface area (Å²) in [4.78, 5) is 86.2. The molecule has 7 rings (SSSR count). The average molecular weight is 816 g/mol. The Morgan fingerprint density at radius 2 is 1.45 bits per heavy atom. The van der Waals surface area contributed by atoms with Crippen LogP contribution in [0, 0.1) is 23.7 Å². The van der Waals surface area contributed by atoms with Gasteiger partial charge < -0.3 is 34.5 Å². The molecule has 308 valence electrons. The van der Waals surface area contributed by atoms with Crippen molar-refractivity contribution in [3.05, 3.63) is 131 Å². The first-order valence-corrected chi connectivity index (χ1v) is 18.9. The van der Waals surface area contributed by atoms with Gasteiger partial charge in [-0.3, -0.25) is 28.9 Å². The number of phenolic OH excluding ortho intramolecular Hbond substituents is 1. The van der Waals surface area contributed by atoms with Crippen LogP contribution in [0.4, 0.5) is 10.5 Å². The third-order valence-electron chi connectivity index (χ3n) is 11.2. The van der Waals surface area contributed by atoms with Gasteiger partial charge in [-0.15, -0.1) is 0 Å². The highest BCUT2D eigenvalue weighted by Gasteiger charge is 2.75. The van der Waals surface area contributed by atoms with Gasteiger partial charge >= 0.3 is 24.0 Å². The number of nitrogens with two attached hydrogens (primary N) is 1. The Morgan fingerprint density at radius 3 is 2.05 bits per heavy atom. The van der Waals surface area contributed by atoms with Crippen LogP contribution in [0.15, 0.2) is 103 Å². The quantitative estimate of drug-likeness (QED) is 0.0765. The van der Waals surface area contributed by atoms with Crippen LogP contribution in [0.25, 0.3) is 0 Å². The number of hydrogen-bond donors (Lipinski definition) is 2. The number of ether oxygens (including phenoxy) is 5. The lowest BCUT2D eigenvalue weighted by Gasteiger charge is -2.46. The normalized spacial score (nSPS) is 22.9. The second-order valence-corrected chi connectivity index (χ2v) is 14.3. The molecule has 0 aromatic heterocycles. The number of cyclic esters (lactones) is 1. The van der Waals surface area contributed by atoms with Crippen molar-refractivity contribution in [1.82, 2.24) is 4.90 Å². The lowest BCUT2D eigenvalue weighted by molar-refractivity contribution is -0.178. The standard InChI is InChI=1S/C45H41N3O12/c1-56-23-24-59-44(55)47-33-22-17-26(11-10-16-31(40(51)57-2)41(52)58-3)25-32(33)45(43(47)54)34(39(46)50)36-42(53)60-37(28-14-8-5-9-15-28)35(27-12-6-4-7-13-27)48(36)38(45)29-18-20-30(49)21-19-29/h4-9,12-15,17-22,25,31,34-38,49H,16,23-24H2,1-3H3,(H2,46,50). The lowest BCUT2D eigenvalue weighted by atomic mass is 9.65. The summed E-state index contributed by atoms with van der Waals surface area (Å²) in [5, 5.41) is 10.5. The van der Waals surface area contributed by atoms with Crippen LogP contribution in [0.1, 0.15) is 52.4 Å². The molecule has 0 saturated carbocycles. The molecule has 15 nitrogen and oxygen atoms in total. The molecule has 3 heterocycles. The van der Waals surface area contributed by atoms with E-state index in [0.717, 1.165) is 19.1 Å². The number of carbonyl (C=O) groups is 6. The SMILES string of the molecule is COCCOC(=O)N1C(=O)C2(c3cc(C#CCC(C(=O)OC)C(=O)OC)ccc31)C(C(N)=O)C1C(=O)OC(c3ccccc3)C(c3ccccc3)N1C2c1ccc(O)cc1. The molecule has 0 bridgehead atoms. The fourth-order valence-corrected chi connectivity index (χ4v) is 8.73. The van der Waals surface area contributed by atoms with Crippen molar-refractivity contribution >= 4 is 41.5 Å². The number of anilines is 1. The summed E-state index contributed by atoms with van der Waals surface area (Å²) in [5.41, 5.74) is 6.34. The van der Waals surface area contributed by atoms with Crippen molar-refractivity contribution in [1.29, 1.82) is 0 Å². The first-order valence-electron chi connectivity index (χ1n) is 18.9. The Kier molecular flexibility index (Phi) is 11.7. The van der Waals surface area contributed by atoms with Gasteiger partial charge in [0.1, 0.15) is 29.9 Å². The van der Waals surface area contributed by atoms with Crippen molar-refractivity contribution < 1.29 is 57.6 Å². The highest BCUT2D eigenvalue weighted by Crippen LogP contribution is 2.65. The van der Waals surface area contributed by atoms with Crippen molar-refractivity contribution in [2.75, 3.05) is 39.4 Å². The molecule has 3 amide bonds. The molecule has 1 spiro atoms. The van der Waals surface area contributed by atoms with E-state index in [-0.39, 0.29) is 42.2 Å². The Morgan fingerprint density at radius 1 is 0.817 bits per heavy atom. The molecule has 0 radical (unpaired) electrons. The van der Waals surface area contributed by atoms with E-state index in [1.165, 1.54) is 37.4 Å². The molecule has 0 aliphatic carbocycles. The number of fused-ring (bicyclic) bond motifs is 3. The monoisotopic (exact) mass is 815 g/mol. The summed E-state index contributed by atoms with van der Waals surface area (Å²) in [6.45, 7) is -0.205. The van der Waals surface area contributed by atoms with E-state index in [0.29, 0.717) is 16.7 Å². The molecule has 6 unspecified atom stereocenters. The number of carbonyl (C=O) groups excluding carboxylic acids is 6. The summed E-state index contributed by atoms with van der Waals surface area (Å²) in [7, 11) is 3.67. The summed E-state index contributed by atoms with van der Waals surface area (Å²) in [5.74, 6) is -1.84. The molecule has 15 heteroatoms. The second kappa shape index (κ2) is 17.1. The van der Waals surface area contributed by atoms with Gasteiger partial charge in [-0.05, 0) is 52.6 Å². The van der Waals surface area contributed by atoms with Crippen LogP contribution < -0.4 is 10.6 Å². The lowest BCUT2D eigenvalue weighted by Crippen LogP contribution is -2.55. The van der Waals surface area contributed by atoms with E-state index in [2.05, 4.69) is 11.8 Å². The number of hydrogen-bond acceptors (Lipinski definition) is 13. The molecule has 2 saturated heterocycles. The van der Waals surface area contributed by atoms with Gasteiger partial charge in [-0.25, -0.2) is 9.69 Å². The molecule has 4 aromatic carbocycles. The Hall–Kier alpha value is -7.02. The zero-order valence-corrected chi connectivity index (χ0v) is 32.8. The first-order chi connectivity index (χ1) is 29.0. The number of amides is 3. The van der Waals surface area contributed by atoms with Crippen LogP contribution in [-0.2, 0) is 53.1 Å². The fourth-order valence-electron chi connectivity index (χ4n) is 8.73. The molecular formula is C45H41N3O12. The first kappa shape index (κ1) is 41.2. The minimum Gasteiger partial charge on any atom is -0.508 e. The second-order valence-electron chi connectivity index (χ2n) is 14.3. The number of esters is 3. The van der Waals surface area contributed by atoms with E-state index < -0.39 is 77.3 Å². The van der Waals surface area contributed by atoms with Gasteiger partial charge in [0.15, 0.2) is 5.92 Å². The number of primary amides is 1. The third-order valence-corrected chi connectivity index (χ3v) is 11.2. The topological polar surface area (TPSA) is 201 Å². The Balaban J connectivity index is 1.51. The molecule has 2 fully saturated rings. The molecule has 4 aromatic rings. The van der Waals surface area contributed by atoms with E-state index in [9.17, 15) is 29.1 Å². The van der Waals surface area contributed by atoms with Gasteiger partial charge in [-0.2, -0.15) is 0 Å². The van der Waals surface area contributed by atoms with Gasteiger partial charge in [0.05, 0.1) is 44.5 Å². The number of imide groups is 1. The smallest absolute Gasteiger partial charge is 0.421 e. The molecule has 3 N–H and O–H groups in total. The average Bonchev–Trinajstić information content (AvgIpc) is 3.72. The van der Waals surface area contributed by atoms with Crippen molar-refractivity contribution in [2.24, 2.45) is 17.6 Å². The van der Waals surface area contributed by atoms with Crippen molar-refractivity contribution in [3.8, 4) is 17.6 Å². The largest absolute Gasteiger partial charge is 0.508 e. The molecule has 6 atom stereocenters. The summed E-state index contributed by atoms with van der Waals surface area (Å²) < 4.78 is 26.4. The van der Waals surface area contributed by atoms with Gasteiger partial charge in [0.25, 0.3) is 0 Å². The Bertz CT molecular complexity index is 2360. The third kappa shape index (κ3) is 6.99. The number of morpholine rings is 1. The van der Waals surface area contributed by atoms with E-state index in [1.807, 2.05) is 48.5 Å². The van der Waals surface area contributed by atoms with E-state index in [4.69, 9.17) is 29.4 Å². The zero-order valence-electron chi connectivity index (χ0n) is 32.8. The molecule has 3 aliphatic rings. The number of methoxy groups -OCH3 is 3. The predicted molar refractivity (Wildman–Crippen MR) is 211 cm³/mol. The maximum Gasteiger partial charge on any atom is 0.421 e. The van der Waals surface area contributed by atoms with Crippen LogP contribution in [0.2, 0.25) is 0 Å². The number of phenols is 1. The van der Waals surface area contributed by atoms with Crippen molar-refractivity contribution in [2.45, 2.75) is 36.1 Å². The maximum atomic E-state index is 15.7.